The lowest BCUT2D eigenvalue weighted by Crippen LogP contribution is -1.95. The minimum atomic E-state index is 0.400. The quantitative estimate of drug-likeness (QED) is 0.892. The van der Waals surface area contributed by atoms with Crippen LogP contribution in [0.15, 0.2) is 24.3 Å². The van der Waals surface area contributed by atoms with Gasteiger partial charge in [0.05, 0.1) is 12.5 Å². The zero-order valence-electron chi connectivity index (χ0n) is 9.88. The van der Waals surface area contributed by atoms with Crippen LogP contribution in [0, 0.1) is 11.3 Å². The lowest BCUT2D eigenvalue weighted by Gasteiger charge is -2.03. The van der Waals surface area contributed by atoms with Gasteiger partial charge in [0.2, 0.25) is 5.13 Å². The molecule has 2 aromatic rings. The van der Waals surface area contributed by atoms with Crippen LogP contribution in [-0.2, 0) is 13.0 Å². The van der Waals surface area contributed by atoms with Gasteiger partial charge >= 0.3 is 0 Å². The highest BCUT2D eigenvalue weighted by molar-refractivity contribution is 7.15. The topological polar surface area (TPSA) is 70.8 Å². The first kappa shape index (κ1) is 12.3. The molecule has 0 bridgehead atoms. The van der Waals surface area contributed by atoms with Crippen molar-refractivity contribution in [2.24, 2.45) is 0 Å². The molecule has 1 aromatic carbocycles. The van der Waals surface area contributed by atoms with Gasteiger partial charge in [-0.3, -0.25) is 0 Å². The van der Waals surface area contributed by atoms with Gasteiger partial charge in [0.1, 0.15) is 12.4 Å². The fraction of sp³-hybridized carbons (Fsp3) is 0.250. The van der Waals surface area contributed by atoms with Gasteiger partial charge in [-0.15, -0.1) is 10.2 Å². The first-order valence-electron chi connectivity index (χ1n) is 5.40. The minimum Gasteiger partial charge on any atom is -0.486 e. The average Bonchev–Trinajstić information content (AvgIpc) is 2.86. The molecule has 92 valence electrons. The molecule has 0 fully saturated rings. The lowest BCUT2D eigenvalue weighted by atomic mass is 10.2. The average molecular weight is 260 g/mol. The van der Waals surface area contributed by atoms with Crippen molar-refractivity contribution >= 4 is 16.5 Å². The minimum absolute atomic E-state index is 0.400. The highest BCUT2D eigenvalue weighted by Crippen LogP contribution is 2.18. The normalized spacial score (nSPS) is 9.78. The summed E-state index contributed by atoms with van der Waals surface area (Å²) in [6.07, 6.45) is 0.419. The van der Waals surface area contributed by atoms with Crippen LogP contribution < -0.4 is 10.1 Å². The second-order valence-corrected chi connectivity index (χ2v) is 4.58. The number of ether oxygens (including phenoxy) is 1. The standard InChI is InChI=1S/C12H12N4OS/c1-14-12-16-15-11(18-12)8-17-10-4-2-9(3-5-10)6-7-13/h2-5H,6,8H2,1H3,(H,14,16). The smallest absolute Gasteiger partial charge is 0.205 e. The van der Waals surface area contributed by atoms with E-state index in [1.165, 1.54) is 11.3 Å². The summed E-state index contributed by atoms with van der Waals surface area (Å²) >= 11 is 1.46. The summed E-state index contributed by atoms with van der Waals surface area (Å²) in [5.74, 6) is 0.762. The van der Waals surface area contributed by atoms with Crippen molar-refractivity contribution in [3.8, 4) is 11.8 Å². The Morgan fingerprint density at radius 3 is 2.72 bits per heavy atom. The Balaban J connectivity index is 1.91. The Morgan fingerprint density at radius 2 is 2.11 bits per heavy atom. The number of nitrogens with zero attached hydrogens (tertiary/aromatic N) is 3. The molecule has 6 heteroatoms. The maximum Gasteiger partial charge on any atom is 0.205 e. The van der Waals surface area contributed by atoms with Gasteiger partial charge in [0.15, 0.2) is 5.01 Å². The van der Waals surface area contributed by atoms with Crippen LogP contribution in [-0.4, -0.2) is 17.2 Å². The Bertz CT molecular complexity index is 544. The second-order valence-electron chi connectivity index (χ2n) is 3.52. The molecule has 0 aliphatic heterocycles. The molecule has 0 aliphatic rings. The van der Waals surface area contributed by atoms with E-state index in [0.717, 1.165) is 21.5 Å². The molecule has 18 heavy (non-hydrogen) atoms. The molecule has 0 radical (unpaired) electrons. The zero-order valence-corrected chi connectivity index (χ0v) is 10.7. The molecule has 0 atom stereocenters. The third-order valence-corrected chi connectivity index (χ3v) is 3.16. The molecule has 1 N–H and O–H groups in total. The van der Waals surface area contributed by atoms with E-state index in [9.17, 15) is 0 Å². The molecular weight excluding hydrogens is 248 g/mol. The number of hydrogen-bond acceptors (Lipinski definition) is 6. The molecule has 1 heterocycles. The highest BCUT2D eigenvalue weighted by atomic mass is 32.1. The van der Waals surface area contributed by atoms with Crippen LogP contribution in [0.5, 0.6) is 5.75 Å². The van der Waals surface area contributed by atoms with E-state index in [-0.39, 0.29) is 0 Å². The van der Waals surface area contributed by atoms with Crippen LogP contribution in [0.3, 0.4) is 0 Å². The number of hydrogen-bond donors (Lipinski definition) is 1. The summed E-state index contributed by atoms with van der Waals surface area (Å²) in [7, 11) is 1.80. The van der Waals surface area contributed by atoms with Crippen molar-refractivity contribution in [1.82, 2.24) is 10.2 Å². The van der Waals surface area contributed by atoms with Gasteiger partial charge < -0.3 is 10.1 Å². The monoisotopic (exact) mass is 260 g/mol. The summed E-state index contributed by atoms with van der Waals surface area (Å²) < 4.78 is 5.58. The summed E-state index contributed by atoms with van der Waals surface area (Å²) in [6, 6.07) is 9.59. The predicted molar refractivity (Wildman–Crippen MR) is 69.5 cm³/mol. The fourth-order valence-corrected chi connectivity index (χ4v) is 1.96. The summed E-state index contributed by atoms with van der Waals surface area (Å²) in [4.78, 5) is 0. The molecule has 0 saturated heterocycles. The number of anilines is 1. The Labute approximate surface area is 109 Å². The van der Waals surface area contributed by atoms with Crippen molar-refractivity contribution in [3.05, 3.63) is 34.8 Å². The van der Waals surface area contributed by atoms with E-state index < -0.39 is 0 Å². The third kappa shape index (κ3) is 3.18. The molecule has 1 aromatic heterocycles. The number of benzene rings is 1. The van der Waals surface area contributed by atoms with E-state index >= 15 is 0 Å². The van der Waals surface area contributed by atoms with Crippen molar-refractivity contribution in [2.75, 3.05) is 12.4 Å². The van der Waals surface area contributed by atoms with E-state index in [2.05, 4.69) is 21.6 Å². The molecule has 2 rings (SSSR count). The van der Waals surface area contributed by atoms with Crippen LogP contribution in [0.4, 0.5) is 5.13 Å². The lowest BCUT2D eigenvalue weighted by molar-refractivity contribution is 0.304. The number of nitriles is 1. The highest BCUT2D eigenvalue weighted by Gasteiger charge is 2.03. The molecule has 0 amide bonds. The van der Waals surface area contributed by atoms with Crippen LogP contribution in [0.2, 0.25) is 0 Å². The summed E-state index contributed by atoms with van der Waals surface area (Å²) in [5.41, 5.74) is 0.984. The number of aromatic nitrogens is 2. The van der Waals surface area contributed by atoms with E-state index in [1.54, 1.807) is 7.05 Å². The summed E-state index contributed by atoms with van der Waals surface area (Å²) in [5, 5.41) is 21.0. The van der Waals surface area contributed by atoms with Crippen molar-refractivity contribution in [2.45, 2.75) is 13.0 Å². The van der Waals surface area contributed by atoms with Crippen molar-refractivity contribution in [3.63, 3.8) is 0 Å². The largest absolute Gasteiger partial charge is 0.486 e. The van der Waals surface area contributed by atoms with Crippen LogP contribution in [0.1, 0.15) is 10.6 Å². The Hall–Kier alpha value is -2.13. The third-order valence-electron chi connectivity index (χ3n) is 2.25. The molecule has 0 spiro atoms. The number of rotatable bonds is 5. The van der Waals surface area contributed by atoms with Gasteiger partial charge in [-0.1, -0.05) is 23.5 Å². The molecule has 0 aliphatic carbocycles. The van der Waals surface area contributed by atoms with Gasteiger partial charge in [-0.05, 0) is 17.7 Å². The van der Waals surface area contributed by atoms with Gasteiger partial charge in [-0.2, -0.15) is 5.26 Å². The van der Waals surface area contributed by atoms with Crippen LogP contribution >= 0.6 is 11.3 Å². The Kier molecular flexibility index (Phi) is 4.10. The zero-order chi connectivity index (χ0) is 12.8. The maximum atomic E-state index is 8.57. The van der Waals surface area contributed by atoms with E-state index in [0.29, 0.717) is 13.0 Å². The molecule has 5 nitrogen and oxygen atoms in total. The fourth-order valence-electron chi connectivity index (χ4n) is 1.35. The van der Waals surface area contributed by atoms with Gasteiger partial charge in [-0.25, -0.2) is 0 Å². The van der Waals surface area contributed by atoms with Crippen molar-refractivity contribution in [1.29, 1.82) is 5.26 Å². The van der Waals surface area contributed by atoms with Crippen molar-refractivity contribution < 1.29 is 4.74 Å². The predicted octanol–water partition coefficient (Wildman–Crippen LogP) is 2.22. The first-order valence-corrected chi connectivity index (χ1v) is 6.22. The van der Waals surface area contributed by atoms with Crippen LogP contribution in [0.25, 0.3) is 0 Å². The van der Waals surface area contributed by atoms with Gasteiger partial charge in [0.25, 0.3) is 0 Å². The van der Waals surface area contributed by atoms with E-state index in [4.69, 9.17) is 10.00 Å². The number of nitrogens with one attached hydrogen (secondary N) is 1. The van der Waals surface area contributed by atoms with Gasteiger partial charge in [0, 0.05) is 7.05 Å². The second kappa shape index (κ2) is 5.98. The SMILES string of the molecule is CNc1nnc(COc2ccc(CC#N)cc2)s1. The molecular formula is C12H12N4OS. The Morgan fingerprint density at radius 1 is 1.33 bits per heavy atom. The molecule has 0 unspecified atom stereocenters. The molecule has 0 saturated carbocycles. The summed E-state index contributed by atoms with van der Waals surface area (Å²) in [6.45, 7) is 0.400. The van der Waals surface area contributed by atoms with E-state index in [1.807, 2.05) is 24.3 Å². The first-order chi connectivity index (χ1) is 8.81. The maximum absolute atomic E-state index is 8.57.